The average Bonchev–Trinajstić information content (AvgIpc) is 3.74. The Kier molecular flexibility index (Phi) is 6.76. The molecule has 0 N–H and O–H groups in total. The van der Waals surface area contributed by atoms with E-state index in [-0.39, 0.29) is 0 Å². The second-order valence-corrected chi connectivity index (χ2v) is 15.4. The van der Waals surface area contributed by atoms with Crippen molar-refractivity contribution < 1.29 is 0 Å². The first-order chi connectivity index (χ1) is 25.8. The Morgan fingerprint density at radius 3 is 1.17 bits per heavy atom. The first kappa shape index (κ1) is 29.8. The molecule has 244 valence electrons. The van der Waals surface area contributed by atoms with Gasteiger partial charge in [0.25, 0.3) is 0 Å². The largest absolute Gasteiger partial charge is 0.309 e. The zero-order chi connectivity index (χ0) is 34.2. The Morgan fingerprint density at radius 2 is 0.712 bits per heavy atom. The lowest BCUT2D eigenvalue weighted by Gasteiger charge is -2.21. The van der Waals surface area contributed by atoms with Gasteiger partial charge in [0, 0.05) is 52.5 Å². The van der Waals surface area contributed by atoms with Crippen molar-refractivity contribution in [2.24, 2.45) is 0 Å². The van der Waals surface area contributed by atoms with Crippen molar-refractivity contribution in [3.05, 3.63) is 182 Å². The van der Waals surface area contributed by atoms with Crippen LogP contribution in [0.3, 0.4) is 0 Å². The molecule has 2 nitrogen and oxygen atoms in total. The van der Waals surface area contributed by atoms with E-state index in [4.69, 9.17) is 0 Å². The monoisotopic (exact) mass is 698 g/mol. The summed E-state index contributed by atoms with van der Waals surface area (Å²) in [5, 5.41) is 5.21. The number of rotatable bonds is 4. The summed E-state index contributed by atoms with van der Waals surface area (Å²) in [6, 6.07) is 66.3. The Bertz CT molecular complexity index is 2800. The van der Waals surface area contributed by atoms with Crippen molar-refractivity contribution in [3.63, 3.8) is 0 Å². The summed E-state index contributed by atoms with van der Waals surface area (Å²) in [5.74, 6) is 0. The molecule has 0 amide bonds. The average molecular weight is 699 g/mol. The molecule has 11 rings (SSSR count). The molecule has 10 aromatic rings. The van der Waals surface area contributed by atoms with Crippen LogP contribution >= 0.6 is 23.5 Å². The van der Waals surface area contributed by atoms with Gasteiger partial charge in [-0.1, -0.05) is 145 Å². The van der Waals surface area contributed by atoms with Crippen molar-refractivity contribution in [3.8, 4) is 33.6 Å². The highest BCUT2D eigenvalue weighted by atomic mass is 32.2. The van der Waals surface area contributed by atoms with Crippen LogP contribution in [0.1, 0.15) is 0 Å². The molecule has 4 heteroatoms. The fourth-order valence-electron chi connectivity index (χ4n) is 8.07. The van der Waals surface area contributed by atoms with Gasteiger partial charge < -0.3 is 9.13 Å². The van der Waals surface area contributed by atoms with Crippen LogP contribution in [0.5, 0.6) is 0 Å². The molecule has 0 aliphatic carbocycles. The van der Waals surface area contributed by atoms with Gasteiger partial charge in [-0.05, 0) is 82.9 Å². The molecule has 0 bridgehead atoms. The van der Waals surface area contributed by atoms with Gasteiger partial charge in [0.2, 0.25) is 0 Å². The minimum Gasteiger partial charge on any atom is -0.309 e. The SMILES string of the molecule is c1ccc(-c2cccc(-n3c4ccccc4c4c5c(ccc43)Sc3c(ccc4c3c3ccccc3n4-c3cccc(-c4ccccc4)c3)S5)c2)cc1. The number of nitrogens with zero attached hydrogens (tertiary/aromatic N) is 2. The fraction of sp³-hybridized carbons (Fsp3) is 0. The lowest BCUT2D eigenvalue weighted by Crippen LogP contribution is -1.96. The van der Waals surface area contributed by atoms with Crippen LogP contribution in [0.2, 0.25) is 0 Å². The van der Waals surface area contributed by atoms with Crippen molar-refractivity contribution >= 4 is 67.1 Å². The van der Waals surface area contributed by atoms with Crippen LogP contribution in [0, 0.1) is 0 Å². The van der Waals surface area contributed by atoms with Gasteiger partial charge in [-0.2, -0.15) is 0 Å². The second-order valence-electron chi connectivity index (χ2n) is 13.3. The maximum atomic E-state index is 2.44. The Labute approximate surface area is 310 Å². The van der Waals surface area contributed by atoms with E-state index in [1.54, 1.807) is 0 Å². The second kappa shape index (κ2) is 11.8. The standard InChI is InChI=1S/C48H30N2S2/c1-3-13-31(14-4-1)33-17-11-19-35(29-33)49-39-23-9-7-21-37(39)45-41(49)25-27-43-47(45)51-44-28-26-42-46(48(44)52-43)38-22-8-10-24-40(38)50(42)36-20-12-18-34(30-36)32-15-5-2-6-16-32/h1-30H. The summed E-state index contributed by atoms with van der Waals surface area (Å²) in [6.07, 6.45) is 0. The molecule has 0 unspecified atom stereocenters. The van der Waals surface area contributed by atoms with E-state index in [1.165, 1.54) is 96.8 Å². The van der Waals surface area contributed by atoms with Gasteiger partial charge >= 0.3 is 0 Å². The maximum Gasteiger partial charge on any atom is 0.0553 e. The highest BCUT2D eigenvalue weighted by Crippen LogP contribution is 2.56. The number of hydrogen-bond acceptors (Lipinski definition) is 2. The fourth-order valence-corrected chi connectivity index (χ4v) is 10.6. The van der Waals surface area contributed by atoms with Gasteiger partial charge in [0.05, 0.1) is 22.1 Å². The summed E-state index contributed by atoms with van der Waals surface area (Å²) < 4.78 is 4.89. The van der Waals surface area contributed by atoms with Crippen molar-refractivity contribution in [2.75, 3.05) is 0 Å². The van der Waals surface area contributed by atoms with E-state index in [1.807, 2.05) is 23.5 Å². The van der Waals surface area contributed by atoms with E-state index in [0.29, 0.717) is 0 Å². The van der Waals surface area contributed by atoms with E-state index in [2.05, 4.69) is 191 Å². The van der Waals surface area contributed by atoms with Crippen LogP contribution in [0.25, 0.3) is 77.2 Å². The van der Waals surface area contributed by atoms with Gasteiger partial charge in [0.1, 0.15) is 0 Å². The molecule has 0 atom stereocenters. The zero-order valence-corrected chi connectivity index (χ0v) is 29.7. The summed E-state index contributed by atoms with van der Waals surface area (Å²) in [6.45, 7) is 0. The van der Waals surface area contributed by atoms with Crippen LogP contribution in [0.15, 0.2) is 202 Å². The number of fused-ring (bicyclic) bond motifs is 10. The van der Waals surface area contributed by atoms with Gasteiger partial charge in [-0.25, -0.2) is 0 Å². The lowest BCUT2D eigenvalue weighted by atomic mass is 10.1. The van der Waals surface area contributed by atoms with Gasteiger partial charge in [0.15, 0.2) is 0 Å². The quantitative estimate of drug-likeness (QED) is 0.181. The molecule has 3 heterocycles. The van der Waals surface area contributed by atoms with Gasteiger partial charge in [-0.3, -0.25) is 0 Å². The third kappa shape index (κ3) is 4.55. The molecule has 1 aliphatic heterocycles. The summed E-state index contributed by atoms with van der Waals surface area (Å²) in [5.41, 5.74) is 12.2. The molecule has 0 spiro atoms. The molecule has 2 aromatic heterocycles. The predicted molar refractivity (Wildman–Crippen MR) is 221 cm³/mol. The Hall–Kier alpha value is -5.94. The molecular weight excluding hydrogens is 669 g/mol. The van der Waals surface area contributed by atoms with Crippen molar-refractivity contribution in [2.45, 2.75) is 19.6 Å². The van der Waals surface area contributed by atoms with E-state index >= 15 is 0 Å². The molecule has 1 aliphatic rings. The molecule has 0 saturated carbocycles. The van der Waals surface area contributed by atoms with E-state index in [0.717, 1.165) is 0 Å². The van der Waals surface area contributed by atoms with Gasteiger partial charge in [-0.15, -0.1) is 0 Å². The third-order valence-electron chi connectivity index (χ3n) is 10.4. The first-order valence-electron chi connectivity index (χ1n) is 17.6. The van der Waals surface area contributed by atoms with Crippen LogP contribution in [-0.2, 0) is 0 Å². The molecule has 52 heavy (non-hydrogen) atoms. The van der Waals surface area contributed by atoms with E-state index < -0.39 is 0 Å². The van der Waals surface area contributed by atoms with Crippen LogP contribution in [0.4, 0.5) is 0 Å². The number of benzene rings is 8. The lowest BCUT2D eigenvalue weighted by molar-refractivity contribution is 1.15. The Morgan fingerprint density at radius 1 is 0.308 bits per heavy atom. The van der Waals surface area contributed by atoms with Crippen molar-refractivity contribution in [1.82, 2.24) is 9.13 Å². The minimum absolute atomic E-state index is 1.17. The topological polar surface area (TPSA) is 9.86 Å². The number of aromatic nitrogens is 2. The van der Waals surface area contributed by atoms with Crippen molar-refractivity contribution in [1.29, 1.82) is 0 Å². The predicted octanol–water partition coefficient (Wildman–Crippen LogP) is 13.8. The summed E-state index contributed by atoms with van der Waals surface area (Å²) in [7, 11) is 0. The minimum atomic E-state index is 1.17. The van der Waals surface area contributed by atoms with Crippen LogP contribution < -0.4 is 0 Å². The zero-order valence-electron chi connectivity index (χ0n) is 28.0. The highest BCUT2D eigenvalue weighted by Gasteiger charge is 2.27. The maximum absolute atomic E-state index is 2.44. The summed E-state index contributed by atoms with van der Waals surface area (Å²) >= 11 is 3.84. The normalized spacial score (nSPS) is 12.5. The molecule has 0 radical (unpaired) electrons. The highest BCUT2D eigenvalue weighted by molar-refractivity contribution is 8.05. The molecular formula is C48H30N2S2. The molecule has 8 aromatic carbocycles. The smallest absolute Gasteiger partial charge is 0.0553 e. The molecule has 0 saturated heterocycles. The number of para-hydroxylation sites is 2. The van der Waals surface area contributed by atoms with E-state index in [9.17, 15) is 0 Å². The molecule has 0 fully saturated rings. The third-order valence-corrected chi connectivity index (χ3v) is 13.0. The Balaban J connectivity index is 1.08. The van der Waals surface area contributed by atoms with Crippen LogP contribution in [-0.4, -0.2) is 9.13 Å². The number of hydrogen-bond donors (Lipinski definition) is 0. The first-order valence-corrected chi connectivity index (χ1v) is 19.2. The summed E-state index contributed by atoms with van der Waals surface area (Å²) in [4.78, 5) is 5.29.